The highest BCUT2D eigenvalue weighted by atomic mass is 16.7. The molecular formula is C14H17NO3. The highest BCUT2D eigenvalue weighted by molar-refractivity contribution is 5.95. The molecule has 1 unspecified atom stereocenters. The van der Waals surface area contributed by atoms with Crippen LogP contribution in [0.15, 0.2) is 35.5 Å². The maximum Gasteiger partial charge on any atom is 0.350 e. The molecule has 1 atom stereocenters. The zero-order chi connectivity index (χ0) is 13.2. The fourth-order valence-corrected chi connectivity index (χ4v) is 1.78. The van der Waals surface area contributed by atoms with E-state index in [-0.39, 0.29) is 5.92 Å². The fraction of sp³-hybridized carbons (Fsp3) is 0.429. The van der Waals surface area contributed by atoms with Crippen molar-refractivity contribution in [3.63, 3.8) is 0 Å². The zero-order valence-corrected chi connectivity index (χ0v) is 10.6. The van der Waals surface area contributed by atoms with Crippen LogP contribution in [0.3, 0.4) is 0 Å². The molecule has 1 aliphatic carbocycles. The number of carboxylic acids is 1. The Labute approximate surface area is 106 Å². The van der Waals surface area contributed by atoms with E-state index in [4.69, 9.17) is 9.94 Å². The summed E-state index contributed by atoms with van der Waals surface area (Å²) < 4.78 is 0. The van der Waals surface area contributed by atoms with Crippen molar-refractivity contribution in [3.05, 3.63) is 35.9 Å². The number of oxime groups is 1. The van der Waals surface area contributed by atoms with Crippen LogP contribution in [0.1, 0.15) is 38.2 Å². The molecule has 96 valence electrons. The van der Waals surface area contributed by atoms with Crippen molar-refractivity contribution < 1.29 is 14.7 Å². The van der Waals surface area contributed by atoms with Crippen LogP contribution in [0.2, 0.25) is 0 Å². The third-order valence-electron chi connectivity index (χ3n) is 3.20. The molecule has 0 bridgehead atoms. The van der Waals surface area contributed by atoms with Gasteiger partial charge in [0.1, 0.15) is 0 Å². The first-order chi connectivity index (χ1) is 8.50. The highest BCUT2D eigenvalue weighted by Gasteiger charge is 2.32. The maximum absolute atomic E-state index is 10.9. The highest BCUT2D eigenvalue weighted by Crippen LogP contribution is 2.34. The Balaban J connectivity index is 2.05. The van der Waals surface area contributed by atoms with Crippen molar-refractivity contribution in [2.24, 2.45) is 5.16 Å². The third-order valence-corrected chi connectivity index (χ3v) is 3.20. The monoisotopic (exact) mass is 247 g/mol. The molecule has 1 saturated carbocycles. The fourth-order valence-electron chi connectivity index (χ4n) is 1.78. The number of hydrogen-bond donors (Lipinski definition) is 1. The minimum absolute atomic E-state index is 0.274. The average molecular weight is 247 g/mol. The van der Waals surface area contributed by atoms with Gasteiger partial charge in [0.15, 0.2) is 0 Å². The van der Waals surface area contributed by atoms with Crippen molar-refractivity contribution in [2.45, 2.75) is 38.2 Å². The molecule has 1 aromatic carbocycles. The van der Waals surface area contributed by atoms with Gasteiger partial charge in [0.25, 0.3) is 0 Å². The van der Waals surface area contributed by atoms with E-state index < -0.39 is 11.6 Å². The summed E-state index contributed by atoms with van der Waals surface area (Å²) in [7, 11) is 0. The van der Waals surface area contributed by atoms with E-state index in [9.17, 15) is 4.79 Å². The summed E-state index contributed by atoms with van der Waals surface area (Å²) in [4.78, 5) is 16.0. The van der Waals surface area contributed by atoms with Gasteiger partial charge in [-0.15, -0.1) is 0 Å². The second-order valence-electron chi connectivity index (χ2n) is 4.99. The Morgan fingerprint density at radius 1 is 1.39 bits per heavy atom. The Morgan fingerprint density at radius 2 is 2.06 bits per heavy atom. The van der Waals surface area contributed by atoms with Crippen LogP contribution in [0, 0.1) is 0 Å². The molecule has 2 rings (SSSR count). The topological polar surface area (TPSA) is 58.9 Å². The summed E-state index contributed by atoms with van der Waals surface area (Å²) >= 11 is 0. The summed E-state index contributed by atoms with van der Waals surface area (Å²) in [6.45, 7) is 2.99. The van der Waals surface area contributed by atoms with Gasteiger partial charge < -0.3 is 9.94 Å². The van der Waals surface area contributed by atoms with Gasteiger partial charge in [-0.25, -0.2) is 4.79 Å². The SMILES string of the molecule is CC(C)(O/N=C1/CCC1c1ccccc1)C(=O)O. The second-order valence-corrected chi connectivity index (χ2v) is 4.99. The van der Waals surface area contributed by atoms with E-state index in [2.05, 4.69) is 17.3 Å². The van der Waals surface area contributed by atoms with Crippen LogP contribution in [0.25, 0.3) is 0 Å². The van der Waals surface area contributed by atoms with Gasteiger partial charge in [-0.2, -0.15) is 0 Å². The summed E-state index contributed by atoms with van der Waals surface area (Å²) in [5.74, 6) is -0.738. The lowest BCUT2D eigenvalue weighted by Crippen LogP contribution is -2.34. The molecule has 4 heteroatoms. The number of carboxylic acid groups (broad SMARTS) is 1. The summed E-state index contributed by atoms with van der Waals surface area (Å²) in [5, 5.41) is 12.9. The Kier molecular flexibility index (Phi) is 3.36. The lowest BCUT2D eigenvalue weighted by molar-refractivity contribution is -0.161. The molecule has 4 nitrogen and oxygen atoms in total. The molecule has 0 heterocycles. The molecule has 1 aliphatic rings. The van der Waals surface area contributed by atoms with Crippen LogP contribution >= 0.6 is 0 Å². The molecule has 0 spiro atoms. The van der Waals surface area contributed by atoms with Gasteiger partial charge in [0.2, 0.25) is 5.60 Å². The van der Waals surface area contributed by atoms with Gasteiger partial charge >= 0.3 is 5.97 Å². The quantitative estimate of drug-likeness (QED) is 0.832. The lowest BCUT2D eigenvalue weighted by Gasteiger charge is -2.29. The van der Waals surface area contributed by atoms with E-state index in [1.165, 1.54) is 19.4 Å². The number of benzene rings is 1. The van der Waals surface area contributed by atoms with Gasteiger partial charge in [-0.05, 0) is 32.3 Å². The molecule has 0 aliphatic heterocycles. The normalized spacial score (nSPS) is 21.4. The van der Waals surface area contributed by atoms with Crippen LogP contribution in [-0.2, 0) is 9.63 Å². The summed E-state index contributed by atoms with van der Waals surface area (Å²) in [6.07, 6.45) is 1.91. The van der Waals surface area contributed by atoms with Crippen molar-refractivity contribution in [2.75, 3.05) is 0 Å². The van der Waals surface area contributed by atoms with E-state index >= 15 is 0 Å². The van der Waals surface area contributed by atoms with E-state index in [1.54, 1.807) is 0 Å². The van der Waals surface area contributed by atoms with E-state index in [0.717, 1.165) is 18.6 Å². The largest absolute Gasteiger partial charge is 0.478 e. The minimum atomic E-state index is -1.27. The van der Waals surface area contributed by atoms with Gasteiger partial charge in [-0.1, -0.05) is 35.5 Å². The van der Waals surface area contributed by atoms with E-state index in [1.807, 2.05) is 18.2 Å². The Bertz CT molecular complexity index is 465. The number of aliphatic carboxylic acids is 1. The summed E-state index contributed by atoms with van der Waals surface area (Å²) in [6, 6.07) is 10.1. The number of hydrogen-bond acceptors (Lipinski definition) is 3. The Morgan fingerprint density at radius 3 is 2.56 bits per heavy atom. The first-order valence-electron chi connectivity index (χ1n) is 6.04. The van der Waals surface area contributed by atoms with Crippen molar-refractivity contribution >= 4 is 11.7 Å². The van der Waals surface area contributed by atoms with Gasteiger partial charge in [0, 0.05) is 5.92 Å². The zero-order valence-electron chi connectivity index (χ0n) is 10.6. The lowest BCUT2D eigenvalue weighted by atomic mass is 9.78. The molecule has 0 saturated heterocycles. The van der Waals surface area contributed by atoms with Crippen molar-refractivity contribution in [1.29, 1.82) is 0 Å². The number of carbonyl (C=O) groups is 1. The molecule has 1 N–H and O–H groups in total. The van der Waals surface area contributed by atoms with Crippen molar-refractivity contribution in [1.82, 2.24) is 0 Å². The number of rotatable bonds is 4. The van der Waals surface area contributed by atoms with Crippen LogP contribution in [-0.4, -0.2) is 22.4 Å². The summed E-state index contributed by atoms with van der Waals surface area (Å²) in [5.41, 5.74) is 0.860. The van der Waals surface area contributed by atoms with Crippen LogP contribution in [0.4, 0.5) is 0 Å². The molecule has 0 aromatic heterocycles. The Hall–Kier alpha value is -1.84. The first kappa shape index (κ1) is 12.6. The van der Waals surface area contributed by atoms with Crippen molar-refractivity contribution in [3.8, 4) is 0 Å². The predicted octanol–water partition coefficient (Wildman–Crippen LogP) is 2.80. The standard InChI is InChI=1S/C14H17NO3/c1-14(2,13(16)17)18-15-12-9-8-11(12)10-6-4-3-5-7-10/h3-7,11H,8-9H2,1-2H3,(H,16,17)/b15-12-. The molecule has 0 amide bonds. The molecule has 1 fully saturated rings. The third kappa shape index (κ3) is 2.53. The van der Waals surface area contributed by atoms with Gasteiger partial charge in [-0.3, -0.25) is 0 Å². The second kappa shape index (κ2) is 4.80. The van der Waals surface area contributed by atoms with Gasteiger partial charge in [0.05, 0.1) is 5.71 Å². The average Bonchev–Trinajstić information content (AvgIpc) is 2.28. The minimum Gasteiger partial charge on any atom is -0.478 e. The molecule has 0 radical (unpaired) electrons. The smallest absolute Gasteiger partial charge is 0.350 e. The van der Waals surface area contributed by atoms with E-state index in [0.29, 0.717) is 0 Å². The molecule has 18 heavy (non-hydrogen) atoms. The maximum atomic E-state index is 10.9. The predicted molar refractivity (Wildman–Crippen MR) is 68.7 cm³/mol. The first-order valence-corrected chi connectivity index (χ1v) is 6.04. The molecule has 1 aromatic rings. The van der Waals surface area contributed by atoms with Crippen LogP contribution < -0.4 is 0 Å². The molecular weight excluding hydrogens is 230 g/mol. The number of nitrogens with zero attached hydrogens (tertiary/aromatic N) is 1. The van der Waals surface area contributed by atoms with Crippen LogP contribution in [0.5, 0.6) is 0 Å².